The third-order valence-electron chi connectivity index (χ3n) is 5.27. The fourth-order valence-corrected chi connectivity index (χ4v) is 3.71. The maximum Gasteiger partial charge on any atom is 0.254 e. The number of nitrogens with one attached hydrogen (secondary N) is 1. The number of nitrogens with zero attached hydrogens (tertiary/aromatic N) is 3. The Hall–Kier alpha value is -4.30. The van der Waals surface area contributed by atoms with Crippen molar-refractivity contribution in [3.63, 3.8) is 0 Å². The van der Waals surface area contributed by atoms with E-state index in [1.54, 1.807) is 10.8 Å². The van der Waals surface area contributed by atoms with Crippen LogP contribution in [0.25, 0.3) is 16.9 Å². The molecule has 0 bridgehead atoms. The Labute approximate surface area is 211 Å². The van der Waals surface area contributed by atoms with E-state index in [9.17, 15) is 18.4 Å². The van der Waals surface area contributed by atoms with Gasteiger partial charge in [-0.05, 0) is 42.5 Å². The Morgan fingerprint density at radius 1 is 1.06 bits per heavy atom. The number of hydrogen-bond acceptors (Lipinski definition) is 3. The SMILES string of the molecule is C=CCN(CC(=O)Nc1nc(-c2ccccc2)cn1-c1ccc(F)c(Cl)c1)C(=O)c1ccc(F)cc1. The number of carbonyl (C=O) groups excluding carboxylic acids is 2. The van der Waals surface area contributed by atoms with Gasteiger partial charge < -0.3 is 4.90 Å². The van der Waals surface area contributed by atoms with Crippen LogP contribution in [0.4, 0.5) is 14.7 Å². The summed E-state index contributed by atoms with van der Waals surface area (Å²) in [4.78, 5) is 31.7. The number of halogens is 3. The zero-order chi connectivity index (χ0) is 25.7. The highest BCUT2D eigenvalue weighted by molar-refractivity contribution is 6.30. The van der Waals surface area contributed by atoms with E-state index in [0.717, 1.165) is 5.56 Å². The Balaban J connectivity index is 1.62. The van der Waals surface area contributed by atoms with Crippen molar-refractivity contribution >= 4 is 29.4 Å². The maximum atomic E-state index is 13.8. The Bertz CT molecular complexity index is 1410. The Kier molecular flexibility index (Phi) is 7.56. The molecule has 36 heavy (non-hydrogen) atoms. The van der Waals surface area contributed by atoms with Crippen molar-refractivity contribution in [3.05, 3.63) is 114 Å². The van der Waals surface area contributed by atoms with Crippen molar-refractivity contribution in [1.82, 2.24) is 14.5 Å². The minimum Gasteiger partial charge on any atom is -0.326 e. The molecule has 1 aromatic heterocycles. The number of rotatable bonds is 8. The highest BCUT2D eigenvalue weighted by atomic mass is 35.5. The first kappa shape index (κ1) is 24.8. The summed E-state index contributed by atoms with van der Waals surface area (Å²) in [6, 6.07) is 18.5. The van der Waals surface area contributed by atoms with Gasteiger partial charge in [0.2, 0.25) is 11.9 Å². The van der Waals surface area contributed by atoms with Crippen LogP contribution >= 0.6 is 11.6 Å². The summed E-state index contributed by atoms with van der Waals surface area (Å²) in [5.41, 5.74) is 2.09. The van der Waals surface area contributed by atoms with Crippen LogP contribution in [-0.2, 0) is 4.79 Å². The Morgan fingerprint density at radius 3 is 2.44 bits per heavy atom. The molecule has 2 amide bonds. The molecule has 1 N–H and O–H groups in total. The maximum absolute atomic E-state index is 13.8. The van der Waals surface area contributed by atoms with Crippen molar-refractivity contribution in [1.29, 1.82) is 0 Å². The van der Waals surface area contributed by atoms with Gasteiger partial charge in [0.05, 0.1) is 16.4 Å². The lowest BCUT2D eigenvalue weighted by atomic mass is 10.2. The highest BCUT2D eigenvalue weighted by Gasteiger charge is 2.20. The third kappa shape index (κ3) is 5.67. The molecular weight excluding hydrogens is 486 g/mol. The molecule has 0 aliphatic carbocycles. The molecule has 3 aromatic carbocycles. The quantitative estimate of drug-likeness (QED) is 0.310. The van der Waals surface area contributed by atoms with Gasteiger partial charge in [0, 0.05) is 23.9 Å². The molecule has 9 heteroatoms. The predicted octanol–water partition coefficient (Wildman–Crippen LogP) is 5.74. The van der Waals surface area contributed by atoms with Crippen LogP contribution in [0.2, 0.25) is 5.02 Å². The van der Waals surface area contributed by atoms with E-state index in [-0.39, 0.29) is 29.6 Å². The van der Waals surface area contributed by atoms with Gasteiger partial charge in [-0.2, -0.15) is 0 Å². The fourth-order valence-electron chi connectivity index (χ4n) is 3.54. The second-order valence-corrected chi connectivity index (χ2v) is 8.22. The summed E-state index contributed by atoms with van der Waals surface area (Å²) >= 11 is 5.98. The summed E-state index contributed by atoms with van der Waals surface area (Å²) in [7, 11) is 0. The zero-order valence-corrected chi connectivity index (χ0v) is 19.8. The number of carbonyl (C=O) groups is 2. The van der Waals surface area contributed by atoms with E-state index in [4.69, 9.17) is 11.6 Å². The lowest BCUT2D eigenvalue weighted by Gasteiger charge is -2.20. The van der Waals surface area contributed by atoms with Crippen LogP contribution in [0.5, 0.6) is 0 Å². The van der Waals surface area contributed by atoms with Crippen LogP contribution in [0.15, 0.2) is 91.6 Å². The first-order valence-electron chi connectivity index (χ1n) is 10.9. The molecule has 0 radical (unpaired) electrons. The van der Waals surface area contributed by atoms with Crippen molar-refractivity contribution in [2.24, 2.45) is 0 Å². The zero-order valence-electron chi connectivity index (χ0n) is 19.0. The number of amides is 2. The molecule has 6 nitrogen and oxygen atoms in total. The number of hydrogen-bond donors (Lipinski definition) is 1. The second-order valence-electron chi connectivity index (χ2n) is 7.81. The molecule has 0 atom stereocenters. The van der Waals surface area contributed by atoms with Crippen LogP contribution < -0.4 is 5.32 Å². The average Bonchev–Trinajstić information content (AvgIpc) is 3.29. The van der Waals surface area contributed by atoms with E-state index in [2.05, 4.69) is 16.9 Å². The molecular formula is C27H21ClF2N4O2. The normalized spacial score (nSPS) is 10.6. The summed E-state index contributed by atoms with van der Waals surface area (Å²) < 4.78 is 28.6. The van der Waals surface area contributed by atoms with Gasteiger partial charge in [0.25, 0.3) is 5.91 Å². The summed E-state index contributed by atoms with van der Waals surface area (Å²) in [6.07, 6.45) is 3.18. The minimum atomic E-state index is -0.575. The number of anilines is 1. The molecule has 0 aliphatic rings. The predicted molar refractivity (Wildman–Crippen MR) is 135 cm³/mol. The van der Waals surface area contributed by atoms with E-state index in [1.807, 2.05) is 30.3 Å². The van der Waals surface area contributed by atoms with Gasteiger partial charge in [-0.15, -0.1) is 6.58 Å². The minimum absolute atomic E-state index is 0.0817. The molecule has 0 saturated heterocycles. The average molecular weight is 507 g/mol. The summed E-state index contributed by atoms with van der Waals surface area (Å²) in [5, 5.41) is 2.64. The molecule has 4 aromatic rings. The number of aromatic nitrogens is 2. The first-order valence-corrected chi connectivity index (χ1v) is 11.3. The van der Waals surface area contributed by atoms with Crippen molar-refractivity contribution in [3.8, 4) is 16.9 Å². The largest absolute Gasteiger partial charge is 0.326 e. The van der Waals surface area contributed by atoms with E-state index in [0.29, 0.717) is 11.4 Å². The number of benzene rings is 3. The van der Waals surface area contributed by atoms with Gasteiger partial charge in [-0.1, -0.05) is 48.0 Å². The second kappa shape index (κ2) is 11.0. The summed E-state index contributed by atoms with van der Waals surface area (Å²) in [5.74, 6) is -1.86. The van der Waals surface area contributed by atoms with Gasteiger partial charge in [0.1, 0.15) is 18.2 Å². The molecule has 0 unspecified atom stereocenters. The molecule has 182 valence electrons. The Morgan fingerprint density at radius 2 is 1.78 bits per heavy atom. The smallest absolute Gasteiger partial charge is 0.254 e. The molecule has 1 heterocycles. The highest BCUT2D eigenvalue weighted by Crippen LogP contribution is 2.26. The monoisotopic (exact) mass is 506 g/mol. The molecule has 4 rings (SSSR count). The summed E-state index contributed by atoms with van der Waals surface area (Å²) in [6.45, 7) is 3.44. The third-order valence-corrected chi connectivity index (χ3v) is 5.56. The van der Waals surface area contributed by atoms with Crippen LogP contribution in [0, 0.1) is 11.6 Å². The lowest BCUT2D eigenvalue weighted by Crippen LogP contribution is -2.38. The molecule has 0 aliphatic heterocycles. The van der Waals surface area contributed by atoms with Crippen LogP contribution in [-0.4, -0.2) is 39.4 Å². The lowest BCUT2D eigenvalue weighted by molar-refractivity contribution is -0.116. The van der Waals surface area contributed by atoms with Crippen molar-refractivity contribution < 1.29 is 18.4 Å². The fraction of sp³-hybridized carbons (Fsp3) is 0.0741. The van der Waals surface area contributed by atoms with Gasteiger partial charge in [-0.3, -0.25) is 19.5 Å². The van der Waals surface area contributed by atoms with Crippen molar-refractivity contribution in [2.45, 2.75) is 0 Å². The first-order chi connectivity index (χ1) is 17.4. The number of imidazole rings is 1. The van der Waals surface area contributed by atoms with Crippen LogP contribution in [0.1, 0.15) is 10.4 Å². The van der Waals surface area contributed by atoms with E-state index >= 15 is 0 Å². The van der Waals surface area contributed by atoms with Gasteiger partial charge in [-0.25, -0.2) is 13.8 Å². The van der Waals surface area contributed by atoms with Gasteiger partial charge >= 0.3 is 0 Å². The topological polar surface area (TPSA) is 67.2 Å². The van der Waals surface area contributed by atoms with E-state index in [1.165, 1.54) is 53.4 Å². The molecule has 0 spiro atoms. The van der Waals surface area contributed by atoms with Crippen LogP contribution in [0.3, 0.4) is 0 Å². The standard InChI is InChI=1S/C27H21ClF2N4O2/c1-2-14-33(26(36)19-8-10-20(29)11-9-19)17-25(35)32-27-31-24(18-6-4-3-5-7-18)16-34(27)21-12-13-23(30)22(28)15-21/h2-13,15-16H,1,14,17H2,(H,31,32,35). The van der Waals surface area contributed by atoms with E-state index < -0.39 is 23.4 Å². The molecule has 0 saturated carbocycles. The molecule has 0 fully saturated rings. The van der Waals surface area contributed by atoms with Gasteiger partial charge in [0.15, 0.2) is 0 Å². The van der Waals surface area contributed by atoms with Crippen molar-refractivity contribution in [2.75, 3.05) is 18.4 Å².